The predicted octanol–water partition coefficient (Wildman–Crippen LogP) is 3.74. The average Bonchev–Trinajstić information content (AvgIpc) is 2.70. The molecule has 1 heterocycles. The molecule has 8 nitrogen and oxygen atoms in total. The molecule has 0 fully saturated rings. The molecule has 1 amide bonds. The van der Waals surface area contributed by atoms with Gasteiger partial charge in [-0.25, -0.2) is 0 Å². The van der Waals surface area contributed by atoms with Crippen LogP contribution in [0, 0.1) is 10.1 Å². The maximum atomic E-state index is 11.5. The van der Waals surface area contributed by atoms with E-state index in [2.05, 4.69) is 22.8 Å². The molecule has 0 aromatic heterocycles. The molecule has 2 atom stereocenters. The Morgan fingerprint density at radius 2 is 1.94 bits per heavy atom. The lowest BCUT2D eigenvalue weighted by Crippen LogP contribution is -2.52. The molecular formula is C23H29N3O5. The van der Waals surface area contributed by atoms with Gasteiger partial charge in [0.2, 0.25) is 5.91 Å². The Morgan fingerprint density at radius 1 is 1.23 bits per heavy atom. The maximum Gasteiger partial charge on any atom is 0.296 e. The number of rotatable bonds is 8. The highest BCUT2D eigenvalue weighted by Gasteiger charge is 2.43. The Labute approximate surface area is 181 Å². The molecule has 1 aliphatic rings. The van der Waals surface area contributed by atoms with Gasteiger partial charge in [0.15, 0.2) is 0 Å². The van der Waals surface area contributed by atoms with Crippen LogP contribution < -0.4 is 15.4 Å². The van der Waals surface area contributed by atoms with Gasteiger partial charge in [-0.2, -0.15) is 0 Å². The summed E-state index contributed by atoms with van der Waals surface area (Å²) in [4.78, 5) is 22.5. The number of hydrogen-bond donors (Lipinski definition) is 3. The van der Waals surface area contributed by atoms with Gasteiger partial charge in [-0.3, -0.25) is 14.9 Å². The van der Waals surface area contributed by atoms with E-state index in [1.165, 1.54) is 24.6 Å². The van der Waals surface area contributed by atoms with Crippen LogP contribution in [0.5, 0.6) is 5.75 Å². The number of aryl methyl sites for hydroxylation is 1. The van der Waals surface area contributed by atoms with Gasteiger partial charge >= 0.3 is 0 Å². The summed E-state index contributed by atoms with van der Waals surface area (Å²) in [6.07, 6.45) is 1.99. The summed E-state index contributed by atoms with van der Waals surface area (Å²) in [7, 11) is 0. The van der Waals surface area contributed by atoms with E-state index in [4.69, 9.17) is 4.74 Å². The number of carbonyl (C=O) groups excluding carboxylic acids is 1. The molecular weight excluding hydrogens is 398 g/mol. The second-order valence-electron chi connectivity index (χ2n) is 8.37. The number of amides is 1. The molecule has 1 aliphatic heterocycles. The zero-order valence-electron chi connectivity index (χ0n) is 18.1. The molecule has 0 bridgehead atoms. The van der Waals surface area contributed by atoms with Gasteiger partial charge in [0, 0.05) is 12.5 Å². The van der Waals surface area contributed by atoms with Gasteiger partial charge in [0.25, 0.3) is 5.69 Å². The smallest absolute Gasteiger partial charge is 0.296 e. The lowest BCUT2D eigenvalue weighted by molar-refractivity contribution is -0.384. The zero-order valence-corrected chi connectivity index (χ0v) is 18.1. The van der Waals surface area contributed by atoms with Crippen molar-refractivity contribution >= 4 is 17.3 Å². The van der Waals surface area contributed by atoms with Crippen LogP contribution in [0.25, 0.3) is 0 Å². The first-order valence-corrected chi connectivity index (χ1v) is 10.4. The highest BCUT2D eigenvalue weighted by atomic mass is 16.6. The van der Waals surface area contributed by atoms with E-state index in [0.29, 0.717) is 17.9 Å². The van der Waals surface area contributed by atoms with Gasteiger partial charge in [-0.05, 0) is 51.3 Å². The monoisotopic (exact) mass is 427 g/mol. The SMILES string of the molecule is CC(=O)Nc1cc2c(cc1[N+](=O)[O-])OC(C)(C)C(O)C2NCCCCc1ccccc1. The normalized spacial score (nSPS) is 19.2. The summed E-state index contributed by atoms with van der Waals surface area (Å²) in [5.41, 5.74) is 0.778. The van der Waals surface area contributed by atoms with E-state index in [1.54, 1.807) is 13.8 Å². The van der Waals surface area contributed by atoms with Crippen molar-refractivity contribution in [1.82, 2.24) is 5.32 Å². The molecule has 3 N–H and O–H groups in total. The van der Waals surface area contributed by atoms with E-state index >= 15 is 0 Å². The van der Waals surface area contributed by atoms with Gasteiger partial charge in [-0.1, -0.05) is 30.3 Å². The minimum absolute atomic E-state index is 0.0858. The lowest BCUT2D eigenvalue weighted by Gasteiger charge is -2.42. The summed E-state index contributed by atoms with van der Waals surface area (Å²) < 4.78 is 5.89. The minimum Gasteiger partial charge on any atom is -0.484 e. The highest BCUT2D eigenvalue weighted by molar-refractivity contribution is 5.91. The second kappa shape index (κ2) is 9.45. The standard InChI is InChI=1S/C23H29N3O5/c1-15(27)25-18-13-17-20(14-19(18)26(29)30)31-23(2,3)22(28)21(17)24-12-8-7-11-16-9-5-4-6-10-16/h4-6,9-10,13-14,21-22,24,28H,7-8,11-12H2,1-3H3,(H,25,27). The fourth-order valence-electron chi connectivity index (χ4n) is 3.85. The molecule has 0 saturated carbocycles. The van der Waals surface area contributed by atoms with Crippen molar-refractivity contribution in [3.8, 4) is 5.75 Å². The number of fused-ring (bicyclic) bond motifs is 1. The molecule has 8 heteroatoms. The van der Waals surface area contributed by atoms with E-state index in [0.717, 1.165) is 19.3 Å². The molecule has 2 aromatic rings. The Kier molecular flexibility index (Phi) is 6.92. The quantitative estimate of drug-likeness (QED) is 0.336. The first-order chi connectivity index (χ1) is 14.7. The first-order valence-electron chi connectivity index (χ1n) is 10.4. The second-order valence-corrected chi connectivity index (χ2v) is 8.37. The lowest BCUT2D eigenvalue weighted by atomic mass is 9.86. The Hall–Kier alpha value is -2.97. The maximum absolute atomic E-state index is 11.5. The zero-order chi connectivity index (χ0) is 22.6. The average molecular weight is 428 g/mol. The molecule has 0 radical (unpaired) electrons. The first kappa shape index (κ1) is 22.7. The number of hydrogen-bond acceptors (Lipinski definition) is 6. The third kappa shape index (κ3) is 5.39. The summed E-state index contributed by atoms with van der Waals surface area (Å²) in [5, 5.41) is 28.3. The number of unbranched alkanes of at least 4 members (excludes halogenated alkanes) is 1. The van der Waals surface area contributed by atoms with Crippen molar-refractivity contribution in [3.63, 3.8) is 0 Å². The number of carbonyl (C=O) groups is 1. The van der Waals surface area contributed by atoms with Crippen molar-refractivity contribution in [2.24, 2.45) is 0 Å². The number of anilines is 1. The van der Waals surface area contributed by atoms with Crippen LogP contribution in [-0.4, -0.2) is 34.2 Å². The third-order valence-corrected chi connectivity index (χ3v) is 5.47. The van der Waals surface area contributed by atoms with Crippen LogP contribution in [0.3, 0.4) is 0 Å². The molecule has 2 aromatic carbocycles. The number of aliphatic hydroxyl groups is 1. The van der Waals surface area contributed by atoms with Crippen LogP contribution in [0.2, 0.25) is 0 Å². The molecule has 0 spiro atoms. The number of benzene rings is 2. The topological polar surface area (TPSA) is 114 Å². The summed E-state index contributed by atoms with van der Waals surface area (Å²) >= 11 is 0. The molecule has 3 rings (SSSR count). The summed E-state index contributed by atoms with van der Waals surface area (Å²) in [6.45, 7) is 5.45. The molecule has 0 aliphatic carbocycles. The fraction of sp³-hybridized carbons (Fsp3) is 0.435. The predicted molar refractivity (Wildman–Crippen MR) is 118 cm³/mol. The van der Waals surface area contributed by atoms with Gasteiger partial charge < -0.3 is 20.5 Å². The number of nitrogens with one attached hydrogen (secondary N) is 2. The van der Waals surface area contributed by atoms with Crippen LogP contribution in [0.4, 0.5) is 11.4 Å². The van der Waals surface area contributed by atoms with Gasteiger partial charge in [0.05, 0.1) is 17.0 Å². The minimum atomic E-state index is -0.932. The number of nitro groups is 1. The van der Waals surface area contributed by atoms with Crippen LogP contribution >= 0.6 is 0 Å². The third-order valence-electron chi connectivity index (χ3n) is 5.47. The Morgan fingerprint density at radius 3 is 2.58 bits per heavy atom. The number of nitrogens with zero attached hydrogens (tertiary/aromatic N) is 1. The summed E-state index contributed by atoms with van der Waals surface area (Å²) in [5.74, 6) is -0.0797. The van der Waals surface area contributed by atoms with Crippen molar-refractivity contribution in [1.29, 1.82) is 0 Å². The molecule has 0 saturated heterocycles. The van der Waals surface area contributed by atoms with Crippen molar-refractivity contribution in [3.05, 3.63) is 63.7 Å². The van der Waals surface area contributed by atoms with E-state index in [1.807, 2.05) is 18.2 Å². The highest BCUT2D eigenvalue weighted by Crippen LogP contribution is 2.44. The Balaban J connectivity index is 1.78. The van der Waals surface area contributed by atoms with Crippen molar-refractivity contribution < 1.29 is 19.6 Å². The van der Waals surface area contributed by atoms with Gasteiger partial charge in [0.1, 0.15) is 23.1 Å². The largest absolute Gasteiger partial charge is 0.484 e. The number of ether oxygens (including phenoxy) is 1. The van der Waals surface area contributed by atoms with Crippen LogP contribution in [0.15, 0.2) is 42.5 Å². The Bertz CT molecular complexity index is 946. The summed E-state index contributed by atoms with van der Waals surface area (Å²) in [6, 6.07) is 12.6. The van der Waals surface area contributed by atoms with Crippen molar-refractivity contribution in [2.45, 2.75) is 57.8 Å². The fourth-order valence-corrected chi connectivity index (χ4v) is 3.85. The van der Waals surface area contributed by atoms with E-state index in [-0.39, 0.29) is 11.4 Å². The van der Waals surface area contributed by atoms with Crippen molar-refractivity contribution in [2.75, 3.05) is 11.9 Å². The molecule has 31 heavy (non-hydrogen) atoms. The van der Waals surface area contributed by atoms with E-state index < -0.39 is 28.6 Å². The van der Waals surface area contributed by atoms with Crippen LogP contribution in [0.1, 0.15) is 50.8 Å². The van der Waals surface area contributed by atoms with Crippen LogP contribution in [-0.2, 0) is 11.2 Å². The van der Waals surface area contributed by atoms with E-state index in [9.17, 15) is 20.0 Å². The van der Waals surface area contributed by atoms with Gasteiger partial charge in [-0.15, -0.1) is 0 Å². The number of nitro benzene ring substituents is 1. The molecule has 166 valence electrons. The molecule has 2 unspecified atom stereocenters. The number of aliphatic hydroxyl groups excluding tert-OH is 1.